The van der Waals surface area contributed by atoms with Crippen LogP contribution in [0.15, 0.2) is 30.3 Å². The Morgan fingerprint density at radius 1 is 1.10 bits per heavy atom. The SMILES string of the molecule is CCCC1CN(CCc2ccccc2)C(CCC)CN1. The van der Waals surface area contributed by atoms with Gasteiger partial charge < -0.3 is 5.32 Å². The van der Waals surface area contributed by atoms with E-state index in [2.05, 4.69) is 54.4 Å². The van der Waals surface area contributed by atoms with Crippen LogP contribution in [-0.4, -0.2) is 36.6 Å². The molecule has 0 bridgehead atoms. The van der Waals surface area contributed by atoms with Crippen molar-refractivity contribution >= 4 is 0 Å². The Morgan fingerprint density at radius 3 is 2.55 bits per heavy atom. The highest BCUT2D eigenvalue weighted by Gasteiger charge is 2.26. The molecule has 2 nitrogen and oxygen atoms in total. The van der Waals surface area contributed by atoms with E-state index in [-0.39, 0.29) is 0 Å². The monoisotopic (exact) mass is 274 g/mol. The number of benzene rings is 1. The standard InChI is InChI=1S/C18H30N2/c1-3-8-17-15-20(18(9-4-2)14-19-17)13-12-16-10-6-5-7-11-16/h5-7,10-11,17-19H,3-4,8-9,12-15H2,1-2H3. The van der Waals surface area contributed by atoms with Crippen LogP contribution in [0, 0.1) is 0 Å². The molecule has 2 heteroatoms. The molecule has 1 fully saturated rings. The van der Waals surface area contributed by atoms with Gasteiger partial charge in [-0.15, -0.1) is 0 Å². The molecule has 0 saturated carbocycles. The lowest BCUT2D eigenvalue weighted by atomic mass is 10.0. The Kier molecular flexibility index (Phi) is 6.55. The summed E-state index contributed by atoms with van der Waals surface area (Å²) >= 11 is 0. The third-order valence-corrected chi connectivity index (χ3v) is 4.40. The van der Waals surface area contributed by atoms with Crippen molar-refractivity contribution in [3.8, 4) is 0 Å². The van der Waals surface area contributed by atoms with Crippen LogP contribution in [0.2, 0.25) is 0 Å². The second-order valence-corrected chi connectivity index (χ2v) is 6.07. The molecule has 0 amide bonds. The molecular weight excluding hydrogens is 244 g/mol. The molecule has 2 rings (SSSR count). The summed E-state index contributed by atoms with van der Waals surface area (Å²) in [5.74, 6) is 0. The molecule has 1 N–H and O–H groups in total. The number of hydrogen-bond acceptors (Lipinski definition) is 2. The van der Waals surface area contributed by atoms with Crippen LogP contribution < -0.4 is 5.32 Å². The quantitative estimate of drug-likeness (QED) is 0.819. The molecule has 1 aromatic carbocycles. The molecule has 2 atom stereocenters. The number of piperazine rings is 1. The highest BCUT2D eigenvalue weighted by Crippen LogP contribution is 2.15. The number of nitrogens with one attached hydrogen (secondary N) is 1. The summed E-state index contributed by atoms with van der Waals surface area (Å²) in [4.78, 5) is 2.73. The van der Waals surface area contributed by atoms with Gasteiger partial charge in [0.25, 0.3) is 0 Å². The Labute approximate surface area is 124 Å². The average Bonchev–Trinajstić information content (AvgIpc) is 2.49. The fourth-order valence-electron chi connectivity index (χ4n) is 3.28. The van der Waals surface area contributed by atoms with Gasteiger partial charge in [-0.25, -0.2) is 0 Å². The van der Waals surface area contributed by atoms with E-state index < -0.39 is 0 Å². The Morgan fingerprint density at radius 2 is 1.85 bits per heavy atom. The third-order valence-electron chi connectivity index (χ3n) is 4.40. The molecule has 1 aromatic rings. The first-order valence-electron chi connectivity index (χ1n) is 8.34. The smallest absolute Gasteiger partial charge is 0.0221 e. The Bertz CT molecular complexity index is 363. The topological polar surface area (TPSA) is 15.3 Å². The summed E-state index contributed by atoms with van der Waals surface area (Å²) in [7, 11) is 0. The Balaban J connectivity index is 1.89. The van der Waals surface area contributed by atoms with Crippen LogP contribution in [0.3, 0.4) is 0 Å². The van der Waals surface area contributed by atoms with Gasteiger partial charge in [0.1, 0.15) is 0 Å². The van der Waals surface area contributed by atoms with Crippen LogP contribution >= 0.6 is 0 Å². The first-order chi connectivity index (χ1) is 9.83. The van der Waals surface area contributed by atoms with Gasteiger partial charge in [-0.1, -0.05) is 57.0 Å². The first-order valence-corrected chi connectivity index (χ1v) is 8.34. The second kappa shape index (κ2) is 8.43. The minimum atomic E-state index is 0.698. The van der Waals surface area contributed by atoms with Crippen LogP contribution in [0.25, 0.3) is 0 Å². The average molecular weight is 274 g/mol. The van der Waals surface area contributed by atoms with Crippen molar-refractivity contribution in [1.82, 2.24) is 10.2 Å². The molecule has 0 aromatic heterocycles. The van der Waals surface area contributed by atoms with Crippen molar-refractivity contribution in [3.05, 3.63) is 35.9 Å². The molecular formula is C18H30N2. The van der Waals surface area contributed by atoms with E-state index in [9.17, 15) is 0 Å². The maximum atomic E-state index is 3.74. The zero-order valence-electron chi connectivity index (χ0n) is 13.1. The lowest BCUT2D eigenvalue weighted by Gasteiger charge is -2.40. The van der Waals surface area contributed by atoms with Crippen LogP contribution in [0.1, 0.15) is 45.1 Å². The summed E-state index contributed by atoms with van der Waals surface area (Å²) in [6, 6.07) is 12.3. The normalized spacial score (nSPS) is 23.9. The van der Waals surface area contributed by atoms with Gasteiger partial charge in [-0.2, -0.15) is 0 Å². The molecule has 0 aliphatic carbocycles. The maximum absolute atomic E-state index is 3.74. The summed E-state index contributed by atoms with van der Waals surface area (Å²) in [5.41, 5.74) is 1.47. The summed E-state index contributed by atoms with van der Waals surface area (Å²) in [5, 5.41) is 3.74. The van der Waals surface area contributed by atoms with Gasteiger partial charge in [0, 0.05) is 31.7 Å². The third kappa shape index (κ3) is 4.60. The predicted molar refractivity (Wildman–Crippen MR) is 87.1 cm³/mol. The molecule has 2 unspecified atom stereocenters. The molecule has 1 aliphatic heterocycles. The van der Waals surface area contributed by atoms with E-state index >= 15 is 0 Å². The lowest BCUT2D eigenvalue weighted by molar-refractivity contribution is 0.120. The summed E-state index contributed by atoms with van der Waals surface area (Å²) in [6.07, 6.45) is 6.37. The zero-order chi connectivity index (χ0) is 14.2. The van der Waals surface area contributed by atoms with Gasteiger partial charge in [-0.05, 0) is 24.8 Å². The van der Waals surface area contributed by atoms with E-state index in [1.54, 1.807) is 0 Å². The lowest BCUT2D eigenvalue weighted by Crippen LogP contribution is -2.56. The highest BCUT2D eigenvalue weighted by atomic mass is 15.2. The molecule has 112 valence electrons. The Hall–Kier alpha value is -0.860. The van der Waals surface area contributed by atoms with Crippen LogP contribution in [0.5, 0.6) is 0 Å². The second-order valence-electron chi connectivity index (χ2n) is 6.07. The first kappa shape index (κ1) is 15.5. The van der Waals surface area contributed by atoms with Gasteiger partial charge in [-0.3, -0.25) is 4.90 Å². The molecule has 1 heterocycles. The number of nitrogens with zero attached hydrogens (tertiary/aromatic N) is 1. The van der Waals surface area contributed by atoms with Crippen LogP contribution in [-0.2, 0) is 6.42 Å². The summed E-state index contributed by atoms with van der Waals surface area (Å²) in [6.45, 7) is 8.19. The minimum absolute atomic E-state index is 0.698. The fourth-order valence-corrected chi connectivity index (χ4v) is 3.28. The highest BCUT2D eigenvalue weighted by molar-refractivity contribution is 5.15. The predicted octanol–water partition coefficient (Wildman–Crippen LogP) is 3.47. The fraction of sp³-hybridized carbons (Fsp3) is 0.667. The van der Waals surface area contributed by atoms with E-state index in [0.717, 1.165) is 6.04 Å². The van der Waals surface area contributed by atoms with Crippen molar-refractivity contribution < 1.29 is 0 Å². The van der Waals surface area contributed by atoms with Gasteiger partial charge >= 0.3 is 0 Å². The maximum Gasteiger partial charge on any atom is 0.0221 e. The van der Waals surface area contributed by atoms with Gasteiger partial charge in [0.05, 0.1) is 0 Å². The van der Waals surface area contributed by atoms with E-state index in [0.29, 0.717) is 6.04 Å². The summed E-state index contributed by atoms with van der Waals surface area (Å²) < 4.78 is 0. The molecule has 20 heavy (non-hydrogen) atoms. The van der Waals surface area contributed by atoms with Crippen molar-refractivity contribution in [3.63, 3.8) is 0 Å². The van der Waals surface area contributed by atoms with E-state index in [4.69, 9.17) is 0 Å². The van der Waals surface area contributed by atoms with Gasteiger partial charge in [0.15, 0.2) is 0 Å². The molecule has 0 spiro atoms. The molecule has 1 saturated heterocycles. The van der Waals surface area contributed by atoms with Crippen LogP contribution in [0.4, 0.5) is 0 Å². The molecule has 1 aliphatic rings. The van der Waals surface area contributed by atoms with Gasteiger partial charge in [0.2, 0.25) is 0 Å². The van der Waals surface area contributed by atoms with Crippen molar-refractivity contribution in [2.75, 3.05) is 19.6 Å². The molecule has 0 radical (unpaired) electrons. The van der Waals surface area contributed by atoms with E-state index in [1.165, 1.54) is 57.3 Å². The minimum Gasteiger partial charge on any atom is -0.311 e. The van der Waals surface area contributed by atoms with E-state index in [1.807, 2.05) is 0 Å². The van der Waals surface area contributed by atoms with Crippen molar-refractivity contribution in [2.24, 2.45) is 0 Å². The number of rotatable bonds is 7. The van der Waals surface area contributed by atoms with Crippen molar-refractivity contribution in [1.29, 1.82) is 0 Å². The van der Waals surface area contributed by atoms with Crippen molar-refractivity contribution in [2.45, 2.75) is 58.0 Å². The number of hydrogen-bond donors (Lipinski definition) is 1. The zero-order valence-corrected chi connectivity index (χ0v) is 13.1. The largest absolute Gasteiger partial charge is 0.311 e.